The number of benzene rings is 2. The maximum absolute atomic E-state index is 12.6. The molecule has 32 heavy (non-hydrogen) atoms. The third-order valence-electron chi connectivity index (χ3n) is 5.46. The van der Waals surface area contributed by atoms with Crippen molar-refractivity contribution in [1.82, 2.24) is 5.32 Å². The lowest BCUT2D eigenvalue weighted by Crippen LogP contribution is -2.30. The van der Waals surface area contributed by atoms with Crippen molar-refractivity contribution in [2.75, 3.05) is 31.3 Å². The molecule has 0 saturated heterocycles. The summed E-state index contributed by atoms with van der Waals surface area (Å²) in [5.41, 5.74) is 2.94. The lowest BCUT2D eigenvalue weighted by Gasteiger charge is -2.25. The van der Waals surface area contributed by atoms with Gasteiger partial charge in [0.15, 0.2) is 0 Å². The van der Waals surface area contributed by atoms with E-state index in [0.29, 0.717) is 29.3 Å². The van der Waals surface area contributed by atoms with Crippen molar-refractivity contribution in [3.05, 3.63) is 65.2 Å². The van der Waals surface area contributed by atoms with Gasteiger partial charge in [-0.25, -0.2) is 8.42 Å². The summed E-state index contributed by atoms with van der Waals surface area (Å²) in [5, 5.41) is 2.96. The average Bonchev–Trinajstić information content (AvgIpc) is 2.81. The summed E-state index contributed by atoms with van der Waals surface area (Å²) in [5.74, 6) is 0.802. The number of sulfonamides is 1. The van der Waals surface area contributed by atoms with E-state index in [0.717, 1.165) is 24.7 Å². The highest BCUT2D eigenvalue weighted by Crippen LogP contribution is 2.34. The molecular formula is C24H30N2O5S. The molecule has 172 valence electrons. The van der Waals surface area contributed by atoms with Crippen molar-refractivity contribution >= 4 is 21.6 Å². The van der Waals surface area contributed by atoms with Crippen molar-refractivity contribution in [3.63, 3.8) is 0 Å². The highest BCUT2D eigenvalue weighted by molar-refractivity contribution is 7.92. The van der Waals surface area contributed by atoms with Gasteiger partial charge in [-0.2, -0.15) is 0 Å². The Balaban J connectivity index is 1.75. The van der Waals surface area contributed by atoms with Crippen LogP contribution >= 0.6 is 0 Å². The van der Waals surface area contributed by atoms with Crippen molar-refractivity contribution in [3.8, 4) is 11.5 Å². The molecular weight excluding hydrogens is 428 g/mol. The minimum absolute atomic E-state index is 0.0944. The third-order valence-corrected chi connectivity index (χ3v) is 6.58. The van der Waals surface area contributed by atoms with Gasteiger partial charge in [-0.15, -0.1) is 0 Å². The number of anilines is 1. The summed E-state index contributed by atoms with van der Waals surface area (Å²) in [6.45, 7) is 0.662. The molecule has 0 heterocycles. The van der Waals surface area contributed by atoms with E-state index < -0.39 is 10.0 Å². The Bertz CT molecular complexity index is 1080. The highest BCUT2D eigenvalue weighted by atomic mass is 32.2. The first kappa shape index (κ1) is 23.7. The standard InChI is InChI=1S/C24H30N2O5S/c1-30-21-13-14-23(31-2)22(15-21)26(32(3,28)29)17-19-9-11-20(12-10-19)24(27)25-16-18-7-5-4-6-8-18/h7,9-15H,4-6,8,16-17H2,1-3H3,(H,25,27). The van der Waals surface area contributed by atoms with Gasteiger partial charge in [0.2, 0.25) is 10.0 Å². The van der Waals surface area contributed by atoms with E-state index in [1.54, 1.807) is 42.5 Å². The predicted octanol–water partition coefficient (Wildman–Crippen LogP) is 3.90. The van der Waals surface area contributed by atoms with Crippen LogP contribution in [0.2, 0.25) is 0 Å². The predicted molar refractivity (Wildman–Crippen MR) is 126 cm³/mol. The Morgan fingerprint density at radius 1 is 1.06 bits per heavy atom. The Labute approximate surface area is 190 Å². The number of ether oxygens (including phenoxy) is 2. The van der Waals surface area contributed by atoms with Crippen LogP contribution in [0.5, 0.6) is 11.5 Å². The zero-order valence-corrected chi connectivity index (χ0v) is 19.6. The molecule has 0 bridgehead atoms. The lowest BCUT2D eigenvalue weighted by atomic mass is 9.99. The minimum atomic E-state index is -3.61. The highest BCUT2D eigenvalue weighted by Gasteiger charge is 2.22. The molecule has 2 aromatic rings. The number of nitrogens with zero attached hydrogens (tertiary/aromatic N) is 1. The molecule has 1 aliphatic rings. The fourth-order valence-electron chi connectivity index (χ4n) is 3.66. The number of nitrogens with one attached hydrogen (secondary N) is 1. The van der Waals surface area contributed by atoms with Crippen molar-refractivity contribution < 1.29 is 22.7 Å². The fraction of sp³-hybridized carbons (Fsp3) is 0.375. The average molecular weight is 459 g/mol. The summed E-state index contributed by atoms with van der Waals surface area (Å²) in [4.78, 5) is 12.5. The van der Waals surface area contributed by atoms with Gasteiger partial charge in [-0.1, -0.05) is 23.8 Å². The smallest absolute Gasteiger partial charge is 0.251 e. The molecule has 8 heteroatoms. The zero-order chi connectivity index (χ0) is 23.1. The van der Waals surface area contributed by atoms with Crippen molar-refractivity contribution in [2.24, 2.45) is 0 Å². The van der Waals surface area contributed by atoms with Crippen LogP contribution in [0.4, 0.5) is 5.69 Å². The number of hydrogen-bond donors (Lipinski definition) is 1. The van der Waals surface area contributed by atoms with Crippen molar-refractivity contribution in [1.29, 1.82) is 0 Å². The molecule has 0 atom stereocenters. The minimum Gasteiger partial charge on any atom is -0.497 e. The van der Waals surface area contributed by atoms with Gasteiger partial charge in [0, 0.05) is 18.2 Å². The van der Waals surface area contributed by atoms with Crippen LogP contribution in [0, 0.1) is 0 Å². The van der Waals surface area contributed by atoms with E-state index in [9.17, 15) is 13.2 Å². The second-order valence-corrected chi connectivity index (χ2v) is 9.70. The first-order valence-corrected chi connectivity index (χ1v) is 12.4. The topological polar surface area (TPSA) is 84.9 Å². The summed E-state index contributed by atoms with van der Waals surface area (Å²) < 4.78 is 37.0. The second-order valence-electron chi connectivity index (χ2n) is 7.80. The second kappa shape index (κ2) is 10.5. The molecule has 0 unspecified atom stereocenters. The number of carbonyl (C=O) groups excluding carboxylic acids is 1. The van der Waals surface area contributed by atoms with E-state index in [4.69, 9.17) is 9.47 Å². The van der Waals surface area contributed by atoms with Crippen LogP contribution in [0.1, 0.15) is 41.6 Å². The summed E-state index contributed by atoms with van der Waals surface area (Å²) in [7, 11) is -0.602. The van der Waals surface area contributed by atoms with Gasteiger partial charge in [0.25, 0.3) is 5.91 Å². The summed E-state index contributed by atoms with van der Waals surface area (Å²) >= 11 is 0. The quantitative estimate of drug-likeness (QED) is 0.576. The molecule has 1 aliphatic carbocycles. The van der Waals surface area contributed by atoms with Crippen LogP contribution in [0.15, 0.2) is 54.1 Å². The molecule has 1 N–H and O–H groups in total. The maximum atomic E-state index is 12.6. The van der Waals surface area contributed by atoms with E-state index in [2.05, 4.69) is 11.4 Å². The lowest BCUT2D eigenvalue weighted by molar-refractivity contribution is 0.0956. The van der Waals surface area contributed by atoms with Crippen LogP contribution in [0.3, 0.4) is 0 Å². The molecule has 7 nitrogen and oxygen atoms in total. The molecule has 2 aromatic carbocycles. The Hall–Kier alpha value is -3.00. The van der Waals surface area contributed by atoms with Crippen LogP contribution in [-0.4, -0.2) is 41.3 Å². The van der Waals surface area contributed by atoms with E-state index >= 15 is 0 Å². The van der Waals surface area contributed by atoms with Crippen LogP contribution in [0.25, 0.3) is 0 Å². The molecule has 0 aromatic heterocycles. The van der Waals surface area contributed by atoms with E-state index in [1.807, 2.05) is 0 Å². The molecule has 0 fully saturated rings. The first-order valence-electron chi connectivity index (χ1n) is 10.6. The van der Waals surface area contributed by atoms with Gasteiger partial charge in [-0.3, -0.25) is 9.10 Å². The number of hydrogen-bond acceptors (Lipinski definition) is 5. The summed E-state index contributed by atoms with van der Waals surface area (Å²) in [6.07, 6.45) is 7.85. The van der Waals surface area contributed by atoms with E-state index in [1.165, 1.54) is 36.9 Å². The molecule has 0 radical (unpaired) electrons. The normalized spacial score (nSPS) is 13.8. The third kappa shape index (κ3) is 6.03. The van der Waals surface area contributed by atoms with Gasteiger partial charge in [-0.05, 0) is 55.5 Å². The molecule has 3 rings (SSSR count). The molecule has 0 aliphatic heterocycles. The largest absolute Gasteiger partial charge is 0.497 e. The number of methoxy groups -OCH3 is 2. The Morgan fingerprint density at radius 2 is 1.81 bits per heavy atom. The van der Waals surface area contributed by atoms with Crippen LogP contribution < -0.4 is 19.1 Å². The molecule has 0 spiro atoms. The van der Waals surface area contributed by atoms with Gasteiger partial charge < -0.3 is 14.8 Å². The van der Waals surface area contributed by atoms with E-state index in [-0.39, 0.29) is 12.5 Å². The van der Waals surface area contributed by atoms with Gasteiger partial charge in [0.1, 0.15) is 11.5 Å². The Morgan fingerprint density at radius 3 is 2.41 bits per heavy atom. The van der Waals surface area contributed by atoms with Gasteiger partial charge >= 0.3 is 0 Å². The zero-order valence-electron chi connectivity index (χ0n) is 18.8. The number of allylic oxidation sites excluding steroid dienone is 1. The maximum Gasteiger partial charge on any atom is 0.251 e. The number of rotatable bonds is 9. The van der Waals surface area contributed by atoms with Crippen LogP contribution in [-0.2, 0) is 16.6 Å². The summed E-state index contributed by atoms with van der Waals surface area (Å²) in [6, 6.07) is 12.0. The monoisotopic (exact) mass is 458 g/mol. The SMILES string of the molecule is COc1ccc(OC)c(N(Cc2ccc(C(=O)NCC3=CCCCC3)cc2)S(C)(=O)=O)c1. The van der Waals surface area contributed by atoms with Gasteiger partial charge in [0.05, 0.1) is 32.7 Å². The molecule has 1 amide bonds. The molecule has 0 saturated carbocycles. The fourth-order valence-corrected chi connectivity index (χ4v) is 4.54. The van der Waals surface area contributed by atoms with Crippen molar-refractivity contribution in [2.45, 2.75) is 32.2 Å². The number of amides is 1. The first-order chi connectivity index (χ1) is 15.3. The Kier molecular flexibility index (Phi) is 7.80. The number of carbonyl (C=O) groups is 1.